The number of halogens is 1. The Bertz CT molecular complexity index is 848. The van der Waals surface area contributed by atoms with E-state index in [1.54, 1.807) is 17.0 Å². The van der Waals surface area contributed by atoms with Crippen molar-refractivity contribution in [2.24, 2.45) is 0 Å². The number of benzene rings is 1. The van der Waals surface area contributed by atoms with Crippen molar-refractivity contribution in [2.45, 2.75) is 6.92 Å². The van der Waals surface area contributed by atoms with Crippen molar-refractivity contribution >= 4 is 17.7 Å². The Kier molecular flexibility index (Phi) is 5.38. The van der Waals surface area contributed by atoms with Gasteiger partial charge in [0.25, 0.3) is 5.91 Å². The predicted molar refractivity (Wildman–Crippen MR) is 104 cm³/mol. The zero-order valence-electron chi connectivity index (χ0n) is 16.0. The summed E-state index contributed by atoms with van der Waals surface area (Å²) in [5.41, 5.74) is 1.31. The minimum Gasteiger partial charge on any atom is -0.378 e. The van der Waals surface area contributed by atoms with Crippen molar-refractivity contribution in [1.29, 1.82) is 0 Å². The summed E-state index contributed by atoms with van der Waals surface area (Å²) in [6, 6.07) is 7.83. The molecule has 1 aromatic carbocycles. The van der Waals surface area contributed by atoms with Crippen molar-refractivity contribution in [3.8, 4) is 0 Å². The molecular weight excluding hydrogens is 361 g/mol. The van der Waals surface area contributed by atoms with E-state index in [9.17, 15) is 9.18 Å². The third kappa shape index (κ3) is 4.06. The Morgan fingerprint density at radius 3 is 2.46 bits per heavy atom. The van der Waals surface area contributed by atoms with Gasteiger partial charge in [-0.1, -0.05) is 6.07 Å². The lowest BCUT2D eigenvalue weighted by atomic mass is 10.1. The Morgan fingerprint density at radius 2 is 1.75 bits per heavy atom. The van der Waals surface area contributed by atoms with Crippen LogP contribution in [0.1, 0.15) is 16.1 Å². The lowest BCUT2D eigenvalue weighted by Gasteiger charge is -2.36. The van der Waals surface area contributed by atoms with E-state index in [0.29, 0.717) is 45.0 Å². The van der Waals surface area contributed by atoms with Gasteiger partial charge in [-0.3, -0.25) is 4.79 Å². The Morgan fingerprint density at radius 1 is 1.00 bits per heavy atom. The molecule has 8 heteroatoms. The van der Waals surface area contributed by atoms with E-state index in [4.69, 9.17) is 9.72 Å². The maximum absolute atomic E-state index is 13.4. The quantitative estimate of drug-likeness (QED) is 0.802. The van der Waals surface area contributed by atoms with Crippen molar-refractivity contribution in [3.63, 3.8) is 0 Å². The van der Waals surface area contributed by atoms with Gasteiger partial charge in [0.2, 0.25) is 5.95 Å². The second kappa shape index (κ2) is 8.10. The number of carbonyl (C=O) groups is 1. The average Bonchev–Trinajstić information content (AvgIpc) is 2.73. The lowest BCUT2D eigenvalue weighted by molar-refractivity contribution is 0.0746. The summed E-state index contributed by atoms with van der Waals surface area (Å²) < 4.78 is 18.8. The molecule has 28 heavy (non-hydrogen) atoms. The zero-order chi connectivity index (χ0) is 19.5. The fraction of sp³-hybridized carbons (Fsp3) is 0.450. The van der Waals surface area contributed by atoms with Crippen LogP contribution in [-0.4, -0.2) is 73.3 Å². The molecule has 4 rings (SSSR count). The fourth-order valence-electron chi connectivity index (χ4n) is 3.55. The molecule has 148 valence electrons. The summed E-state index contributed by atoms with van der Waals surface area (Å²) in [5.74, 6) is 1.09. The first kappa shape index (κ1) is 18.6. The molecule has 0 N–H and O–H groups in total. The highest BCUT2D eigenvalue weighted by Crippen LogP contribution is 2.20. The maximum atomic E-state index is 13.4. The first-order chi connectivity index (χ1) is 13.6. The molecular formula is C20H24FN5O2. The predicted octanol–water partition coefficient (Wildman–Crippen LogP) is 1.72. The third-order valence-corrected chi connectivity index (χ3v) is 5.09. The zero-order valence-corrected chi connectivity index (χ0v) is 16.0. The standard InChI is InChI=1S/C20H24FN5O2/c1-15-13-18(23-20(22-15)26-9-11-28-12-10-26)24-5-7-25(8-6-24)19(27)16-3-2-4-17(21)14-16/h2-4,13-14H,5-12H2,1H3. The van der Waals surface area contributed by atoms with E-state index in [1.165, 1.54) is 12.1 Å². The molecule has 0 radical (unpaired) electrons. The topological polar surface area (TPSA) is 61.8 Å². The summed E-state index contributed by atoms with van der Waals surface area (Å²) in [6.07, 6.45) is 0. The highest BCUT2D eigenvalue weighted by Gasteiger charge is 2.24. The lowest BCUT2D eigenvalue weighted by Crippen LogP contribution is -2.49. The van der Waals surface area contributed by atoms with E-state index < -0.39 is 5.82 Å². The van der Waals surface area contributed by atoms with Gasteiger partial charge in [0.15, 0.2) is 0 Å². The second-order valence-electron chi connectivity index (χ2n) is 7.06. The molecule has 0 aliphatic carbocycles. The Balaban J connectivity index is 1.43. The highest BCUT2D eigenvalue weighted by molar-refractivity contribution is 5.94. The van der Waals surface area contributed by atoms with Crippen molar-refractivity contribution in [3.05, 3.63) is 47.4 Å². The SMILES string of the molecule is Cc1cc(N2CCN(C(=O)c3cccc(F)c3)CC2)nc(N2CCOCC2)n1. The van der Waals surface area contributed by atoms with Crippen LogP contribution in [0.4, 0.5) is 16.2 Å². The molecule has 3 heterocycles. The minimum absolute atomic E-state index is 0.132. The number of carbonyl (C=O) groups excluding carboxylic acids is 1. The van der Waals surface area contributed by atoms with Crippen molar-refractivity contribution in [2.75, 3.05) is 62.3 Å². The molecule has 0 spiro atoms. The number of morpholine rings is 1. The van der Waals surface area contributed by atoms with E-state index in [0.717, 1.165) is 30.5 Å². The number of anilines is 2. The van der Waals surface area contributed by atoms with Crippen LogP contribution < -0.4 is 9.80 Å². The van der Waals surface area contributed by atoms with Gasteiger partial charge in [-0.25, -0.2) is 9.37 Å². The van der Waals surface area contributed by atoms with Crippen LogP contribution in [0.15, 0.2) is 30.3 Å². The molecule has 2 fully saturated rings. The van der Waals surface area contributed by atoms with E-state index in [1.807, 2.05) is 13.0 Å². The molecule has 2 saturated heterocycles. The molecule has 2 aliphatic rings. The summed E-state index contributed by atoms with van der Waals surface area (Å²) in [6.45, 7) is 7.44. The maximum Gasteiger partial charge on any atom is 0.254 e. The second-order valence-corrected chi connectivity index (χ2v) is 7.06. The molecule has 0 atom stereocenters. The van der Waals surface area contributed by atoms with Gasteiger partial charge >= 0.3 is 0 Å². The fourth-order valence-corrected chi connectivity index (χ4v) is 3.55. The normalized spacial score (nSPS) is 17.7. The smallest absolute Gasteiger partial charge is 0.254 e. The van der Waals surface area contributed by atoms with Crippen LogP contribution in [0, 0.1) is 12.7 Å². The molecule has 0 saturated carbocycles. The Hall–Kier alpha value is -2.74. The number of ether oxygens (including phenoxy) is 1. The number of aryl methyl sites for hydroxylation is 1. The third-order valence-electron chi connectivity index (χ3n) is 5.09. The average molecular weight is 385 g/mol. The first-order valence-electron chi connectivity index (χ1n) is 9.58. The van der Waals surface area contributed by atoms with Crippen LogP contribution in [0.2, 0.25) is 0 Å². The summed E-state index contributed by atoms with van der Waals surface area (Å²) in [5, 5.41) is 0. The number of aromatic nitrogens is 2. The number of piperazine rings is 1. The van der Waals surface area contributed by atoms with Crippen LogP contribution in [0.25, 0.3) is 0 Å². The molecule has 0 unspecified atom stereocenters. The summed E-state index contributed by atoms with van der Waals surface area (Å²) in [4.78, 5) is 28.0. The number of amides is 1. The first-order valence-corrected chi connectivity index (χ1v) is 9.58. The van der Waals surface area contributed by atoms with Gasteiger partial charge in [0.1, 0.15) is 11.6 Å². The van der Waals surface area contributed by atoms with Crippen LogP contribution in [-0.2, 0) is 4.74 Å². The van der Waals surface area contributed by atoms with Crippen LogP contribution >= 0.6 is 0 Å². The van der Waals surface area contributed by atoms with Crippen molar-refractivity contribution in [1.82, 2.24) is 14.9 Å². The molecule has 1 aromatic heterocycles. The van der Waals surface area contributed by atoms with Crippen LogP contribution in [0.5, 0.6) is 0 Å². The molecule has 2 aliphatic heterocycles. The van der Waals surface area contributed by atoms with E-state index in [-0.39, 0.29) is 5.91 Å². The number of nitrogens with zero attached hydrogens (tertiary/aromatic N) is 5. The van der Waals surface area contributed by atoms with Gasteiger partial charge in [-0.2, -0.15) is 4.98 Å². The molecule has 2 aromatic rings. The number of hydrogen-bond donors (Lipinski definition) is 0. The van der Waals surface area contributed by atoms with E-state index in [2.05, 4.69) is 14.8 Å². The van der Waals surface area contributed by atoms with Crippen LogP contribution in [0.3, 0.4) is 0 Å². The largest absolute Gasteiger partial charge is 0.378 e. The molecule has 7 nitrogen and oxygen atoms in total. The van der Waals surface area contributed by atoms with E-state index >= 15 is 0 Å². The highest BCUT2D eigenvalue weighted by atomic mass is 19.1. The van der Waals surface area contributed by atoms with Crippen molar-refractivity contribution < 1.29 is 13.9 Å². The Labute approximate surface area is 163 Å². The summed E-state index contributed by atoms with van der Waals surface area (Å²) in [7, 11) is 0. The monoisotopic (exact) mass is 385 g/mol. The van der Waals surface area contributed by atoms with Gasteiger partial charge < -0.3 is 19.4 Å². The molecule has 0 bridgehead atoms. The number of hydrogen-bond acceptors (Lipinski definition) is 6. The van der Waals surface area contributed by atoms with Gasteiger partial charge in [-0.15, -0.1) is 0 Å². The van der Waals surface area contributed by atoms with Gasteiger partial charge in [-0.05, 0) is 25.1 Å². The summed E-state index contributed by atoms with van der Waals surface area (Å²) >= 11 is 0. The minimum atomic E-state index is -0.392. The van der Waals surface area contributed by atoms with Gasteiger partial charge in [0.05, 0.1) is 13.2 Å². The number of rotatable bonds is 3. The van der Waals surface area contributed by atoms with Gasteiger partial charge in [0, 0.05) is 56.6 Å². The molecule has 1 amide bonds.